The van der Waals surface area contributed by atoms with Crippen LogP contribution in [0.4, 0.5) is 0 Å². The van der Waals surface area contributed by atoms with Crippen LogP contribution in [0.3, 0.4) is 0 Å². The van der Waals surface area contributed by atoms with Gasteiger partial charge in [-0.25, -0.2) is 0 Å². The molecule has 1 rings (SSSR count). The quantitative estimate of drug-likeness (QED) is 0.684. The fourth-order valence-electron chi connectivity index (χ4n) is 1.41. The molecule has 1 aromatic rings. The van der Waals surface area contributed by atoms with Crippen LogP contribution >= 0.6 is 0 Å². The van der Waals surface area contributed by atoms with E-state index in [1.807, 2.05) is 0 Å². The minimum absolute atomic E-state index is 0.0514. The Bertz CT molecular complexity index is 416. The summed E-state index contributed by atoms with van der Waals surface area (Å²) in [6, 6.07) is 6.54. The minimum Gasteiger partial charge on any atom is -0.481 e. The van der Waals surface area contributed by atoms with Gasteiger partial charge in [0.25, 0.3) is 0 Å². The highest BCUT2D eigenvalue weighted by atomic mass is 16.4. The second-order valence-corrected chi connectivity index (χ2v) is 3.85. The second-order valence-electron chi connectivity index (χ2n) is 3.85. The Kier molecular flexibility index (Phi) is 4.66. The summed E-state index contributed by atoms with van der Waals surface area (Å²) >= 11 is 0. The number of nitrogens with two attached hydrogens (primary N) is 1. The van der Waals surface area contributed by atoms with Crippen LogP contribution in [0.5, 0.6) is 0 Å². The molecule has 0 aliphatic heterocycles. The van der Waals surface area contributed by atoms with Crippen LogP contribution < -0.4 is 11.1 Å². The van der Waals surface area contributed by atoms with Crippen LogP contribution in [0.25, 0.3) is 0 Å². The zero-order valence-electron chi connectivity index (χ0n) is 9.64. The van der Waals surface area contributed by atoms with E-state index in [-0.39, 0.29) is 12.3 Å². The molecule has 0 saturated carbocycles. The van der Waals surface area contributed by atoms with Crippen molar-refractivity contribution in [2.24, 2.45) is 5.73 Å². The van der Waals surface area contributed by atoms with Crippen molar-refractivity contribution in [1.82, 2.24) is 5.32 Å². The maximum absolute atomic E-state index is 11.3. The van der Waals surface area contributed by atoms with E-state index in [1.165, 1.54) is 0 Å². The van der Waals surface area contributed by atoms with Crippen LogP contribution in [0.1, 0.15) is 18.1 Å². The first kappa shape index (κ1) is 13.2. The molecule has 0 aliphatic rings. The van der Waals surface area contributed by atoms with Crippen molar-refractivity contribution < 1.29 is 14.7 Å². The minimum atomic E-state index is -0.893. The normalized spacial score (nSPS) is 11.9. The summed E-state index contributed by atoms with van der Waals surface area (Å²) in [7, 11) is 0. The van der Waals surface area contributed by atoms with Gasteiger partial charge in [-0.05, 0) is 18.1 Å². The number of aliphatic carboxylic acids is 1. The predicted octanol–water partition coefficient (Wildman–Crippen LogP) is 0.277. The third-order valence-electron chi connectivity index (χ3n) is 2.33. The Balaban J connectivity index is 2.70. The fourth-order valence-corrected chi connectivity index (χ4v) is 1.41. The van der Waals surface area contributed by atoms with Crippen molar-refractivity contribution in [3.8, 4) is 0 Å². The van der Waals surface area contributed by atoms with E-state index in [2.05, 4.69) is 5.32 Å². The second kappa shape index (κ2) is 6.00. The van der Waals surface area contributed by atoms with Crippen LogP contribution in [0.2, 0.25) is 0 Å². The van der Waals surface area contributed by atoms with E-state index in [9.17, 15) is 9.59 Å². The van der Waals surface area contributed by atoms with Gasteiger partial charge < -0.3 is 16.2 Å². The first-order chi connectivity index (χ1) is 8.00. The highest BCUT2D eigenvalue weighted by Crippen LogP contribution is 2.09. The number of carboxylic acids is 1. The summed E-state index contributed by atoms with van der Waals surface area (Å²) in [5, 5.41) is 11.4. The standard InChI is InChI=1S/C12H16N2O3/c1-8(13)12(17)14-7-10-5-3-2-4-9(10)6-11(15)16/h2-5,8H,6-7,13H2,1H3,(H,14,17)(H,15,16). The smallest absolute Gasteiger partial charge is 0.307 e. The van der Waals surface area contributed by atoms with Gasteiger partial charge in [-0.15, -0.1) is 0 Å². The Morgan fingerprint density at radius 3 is 2.47 bits per heavy atom. The SMILES string of the molecule is CC(N)C(=O)NCc1ccccc1CC(=O)O. The molecule has 92 valence electrons. The molecular formula is C12H16N2O3. The van der Waals surface area contributed by atoms with Crippen molar-refractivity contribution in [2.75, 3.05) is 0 Å². The monoisotopic (exact) mass is 236 g/mol. The van der Waals surface area contributed by atoms with Crippen LogP contribution in [0, 0.1) is 0 Å². The molecular weight excluding hydrogens is 220 g/mol. The lowest BCUT2D eigenvalue weighted by Crippen LogP contribution is -2.38. The number of benzene rings is 1. The molecule has 4 N–H and O–H groups in total. The lowest BCUT2D eigenvalue weighted by atomic mass is 10.0. The number of amides is 1. The summed E-state index contributed by atoms with van der Waals surface area (Å²) in [6.45, 7) is 1.89. The van der Waals surface area contributed by atoms with Gasteiger partial charge in [0.1, 0.15) is 0 Å². The number of rotatable bonds is 5. The molecule has 0 aliphatic carbocycles. The summed E-state index contributed by atoms with van der Waals surface area (Å²) in [6.07, 6.45) is -0.0514. The topological polar surface area (TPSA) is 92.4 Å². The van der Waals surface area contributed by atoms with Gasteiger partial charge in [0.15, 0.2) is 0 Å². The molecule has 0 aromatic heterocycles. The van der Waals surface area contributed by atoms with Crippen molar-refractivity contribution in [1.29, 1.82) is 0 Å². The van der Waals surface area contributed by atoms with Gasteiger partial charge in [0, 0.05) is 6.54 Å². The van der Waals surface area contributed by atoms with Crippen LogP contribution in [0.15, 0.2) is 24.3 Å². The summed E-state index contributed by atoms with van der Waals surface area (Å²) < 4.78 is 0. The average Bonchev–Trinajstić information content (AvgIpc) is 2.26. The van der Waals surface area contributed by atoms with Crippen molar-refractivity contribution in [2.45, 2.75) is 25.9 Å². The molecule has 1 unspecified atom stereocenters. The highest BCUT2D eigenvalue weighted by Gasteiger charge is 2.09. The first-order valence-corrected chi connectivity index (χ1v) is 5.32. The van der Waals surface area contributed by atoms with Gasteiger partial charge in [-0.1, -0.05) is 24.3 Å². The van der Waals surface area contributed by atoms with Gasteiger partial charge in [-0.2, -0.15) is 0 Å². The van der Waals surface area contributed by atoms with E-state index in [4.69, 9.17) is 10.8 Å². The number of carbonyl (C=O) groups excluding carboxylic acids is 1. The maximum atomic E-state index is 11.3. The largest absolute Gasteiger partial charge is 0.481 e. The number of carboxylic acid groups (broad SMARTS) is 1. The molecule has 17 heavy (non-hydrogen) atoms. The fraction of sp³-hybridized carbons (Fsp3) is 0.333. The van der Waals surface area contributed by atoms with Crippen molar-refractivity contribution >= 4 is 11.9 Å². The van der Waals surface area contributed by atoms with E-state index in [0.717, 1.165) is 5.56 Å². The molecule has 0 saturated heterocycles. The molecule has 0 bridgehead atoms. The molecule has 1 atom stereocenters. The number of hydrogen-bond donors (Lipinski definition) is 3. The van der Waals surface area contributed by atoms with Crippen molar-refractivity contribution in [3.63, 3.8) is 0 Å². The third-order valence-corrected chi connectivity index (χ3v) is 2.33. The maximum Gasteiger partial charge on any atom is 0.307 e. The zero-order chi connectivity index (χ0) is 12.8. The van der Waals surface area contributed by atoms with Gasteiger partial charge in [0.2, 0.25) is 5.91 Å². The molecule has 0 radical (unpaired) electrons. The number of carbonyl (C=O) groups is 2. The Hall–Kier alpha value is -1.88. The lowest BCUT2D eigenvalue weighted by molar-refractivity contribution is -0.136. The Morgan fingerprint density at radius 1 is 1.35 bits per heavy atom. The van der Waals surface area contributed by atoms with Crippen LogP contribution in [-0.4, -0.2) is 23.0 Å². The molecule has 1 amide bonds. The highest BCUT2D eigenvalue weighted by molar-refractivity contribution is 5.81. The molecule has 1 aromatic carbocycles. The first-order valence-electron chi connectivity index (χ1n) is 5.32. The van der Waals surface area contributed by atoms with E-state index in [1.54, 1.807) is 31.2 Å². The summed E-state index contributed by atoms with van der Waals surface area (Å²) in [5.74, 6) is -1.15. The zero-order valence-corrected chi connectivity index (χ0v) is 9.64. The molecule has 0 heterocycles. The van der Waals surface area contributed by atoms with Crippen molar-refractivity contribution in [3.05, 3.63) is 35.4 Å². The predicted molar refractivity (Wildman–Crippen MR) is 63.3 cm³/mol. The van der Waals surface area contributed by atoms with Crippen LogP contribution in [-0.2, 0) is 22.6 Å². The molecule has 5 nitrogen and oxygen atoms in total. The molecule has 0 spiro atoms. The number of nitrogens with one attached hydrogen (secondary N) is 1. The van der Waals surface area contributed by atoms with Gasteiger partial charge in [-0.3, -0.25) is 9.59 Å². The van der Waals surface area contributed by atoms with E-state index < -0.39 is 12.0 Å². The summed E-state index contributed by atoms with van der Waals surface area (Å²) in [4.78, 5) is 22.0. The summed E-state index contributed by atoms with van der Waals surface area (Å²) in [5.41, 5.74) is 6.91. The van der Waals surface area contributed by atoms with Gasteiger partial charge >= 0.3 is 5.97 Å². The molecule has 0 fully saturated rings. The van der Waals surface area contributed by atoms with E-state index in [0.29, 0.717) is 12.1 Å². The van der Waals surface area contributed by atoms with E-state index >= 15 is 0 Å². The Labute approximate surface area is 99.6 Å². The Morgan fingerprint density at radius 2 is 1.94 bits per heavy atom. The average molecular weight is 236 g/mol. The third kappa shape index (κ3) is 4.24. The lowest BCUT2D eigenvalue weighted by Gasteiger charge is -2.10. The van der Waals surface area contributed by atoms with Gasteiger partial charge in [0.05, 0.1) is 12.5 Å². The number of hydrogen-bond acceptors (Lipinski definition) is 3. The molecule has 5 heteroatoms.